The Balaban J connectivity index is 1.86. The maximum Gasteiger partial charge on any atom is 0.156 e. The maximum atomic E-state index is 5.07. The summed E-state index contributed by atoms with van der Waals surface area (Å²) in [6, 6.07) is 18.3. The molecule has 0 fully saturated rings. The molecule has 4 heterocycles. The van der Waals surface area contributed by atoms with E-state index >= 15 is 0 Å². The van der Waals surface area contributed by atoms with Crippen molar-refractivity contribution in [2.24, 2.45) is 0 Å². The number of imidazole rings is 1. The zero-order chi connectivity index (χ0) is 22.9. The molecule has 0 amide bonds. The van der Waals surface area contributed by atoms with E-state index in [1.54, 1.807) is 6.20 Å². The van der Waals surface area contributed by atoms with Gasteiger partial charge in [-0.25, -0.2) is 4.98 Å². The van der Waals surface area contributed by atoms with Crippen molar-refractivity contribution >= 4 is 0 Å². The molecule has 1 N–H and O–H groups in total. The molecule has 5 nitrogen and oxygen atoms in total. The van der Waals surface area contributed by atoms with Gasteiger partial charge in [-0.05, 0) is 36.4 Å². The Morgan fingerprint density at radius 1 is 0.688 bits per heavy atom. The van der Waals surface area contributed by atoms with E-state index in [9.17, 15) is 0 Å². The van der Waals surface area contributed by atoms with Gasteiger partial charge in [0.25, 0.3) is 0 Å². The van der Waals surface area contributed by atoms with Crippen molar-refractivity contribution in [3.63, 3.8) is 0 Å². The number of nitrogens with zero attached hydrogens (tertiary/aromatic N) is 4. The lowest BCUT2D eigenvalue weighted by molar-refractivity contribution is 0.559. The maximum absolute atomic E-state index is 5.07. The first-order valence-electron chi connectivity index (χ1n) is 11.0. The van der Waals surface area contributed by atoms with E-state index in [-0.39, 0.29) is 16.7 Å². The summed E-state index contributed by atoms with van der Waals surface area (Å²) in [6.45, 7) is 13.1. The molecule has 0 aliphatic heterocycles. The molecule has 0 unspecified atom stereocenters. The minimum atomic E-state index is -0.162. The van der Waals surface area contributed by atoms with Crippen LogP contribution in [0.3, 0.4) is 0 Å². The Bertz CT molecular complexity index is 1140. The molecule has 0 aliphatic rings. The second kappa shape index (κ2) is 8.30. The average Bonchev–Trinajstić information content (AvgIpc) is 3.24. The summed E-state index contributed by atoms with van der Waals surface area (Å²) >= 11 is 0. The Kier molecular flexibility index (Phi) is 5.68. The summed E-state index contributed by atoms with van der Waals surface area (Å²) in [5.41, 5.74) is 5.67. The monoisotopic (exact) mass is 425 g/mol. The third kappa shape index (κ3) is 4.62. The summed E-state index contributed by atoms with van der Waals surface area (Å²) < 4.78 is 0. The van der Waals surface area contributed by atoms with Crippen LogP contribution in [0.15, 0.2) is 67.0 Å². The number of nitrogens with one attached hydrogen (secondary N) is 1. The zero-order valence-electron chi connectivity index (χ0n) is 19.7. The SMILES string of the molecule is CC(C)(C)c1cccc(C(c2cccc(C(C)(C)C)n2)c2cnc(-c3ccccn3)[nH]2)n1. The standard InChI is InChI=1S/C27H31N5/c1-26(2,3)22-14-9-12-18(30-22)24(19-13-10-15-23(31-19)27(4,5)6)21-17-29-25(32-21)20-11-7-8-16-28-20/h7-17,24H,1-6H3,(H,29,32). The van der Waals surface area contributed by atoms with Gasteiger partial charge in [-0.15, -0.1) is 0 Å². The number of H-pyrrole nitrogens is 1. The van der Waals surface area contributed by atoms with E-state index in [1.807, 2.05) is 24.4 Å². The fourth-order valence-electron chi connectivity index (χ4n) is 3.65. The van der Waals surface area contributed by atoms with Crippen LogP contribution < -0.4 is 0 Å². The molecule has 0 aliphatic carbocycles. The first kappa shape index (κ1) is 21.9. The van der Waals surface area contributed by atoms with Gasteiger partial charge in [-0.2, -0.15) is 0 Å². The minimum Gasteiger partial charge on any atom is -0.340 e. The summed E-state index contributed by atoms with van der Waals surface area (Å²) in [6.07, 6.45) is 3.66. The topological polar surface area (TPSA) is 67.3 Å². The van der Waals surface area contributed by atoms with E-state index in [1.165, 1.54) is 0 Å². The highest BCUT2D eigenvalue weighted by atomic mass is 15.0. The molecular weight excluding hydrogens is 394 g/mol. The first-order valence-corrected chi connectivity index (χ1v) is 11.0. The van der Waals surface area contributed by atoms with Crippen molar-refractivity contribution in [2.75, 3.05) is 0 Å². The molecular formula is C27H31N5. The summed E-state index contributed by atoms with van der Waals surface area (Å²) in [5, 5.41) is 0. The molecule has 0 aromatic carbocycles. The van der Waals surface area contributed by atoms with Crippen molar-refractivity contribution in [1.82, 2.24) is 24.9 Å². The molecule has 0 spiro atoms. The van der Waals surface area contributed by atoms with Crippen molar-refractivity contribution in [3.8, 4) is 11.5 Å². The van der Waals surface area contributed by atoms with Gasteiger partial charge < -0.3 is 4.98 Å². The molecule has 0 saturated carbocycles. The smallest absolute Gasteiger partial charge is 0.156 e. The predicted octanol–water partition coefficient (Wildman–Crippen LogP) is 6.04. The number of hydrogen-bond donors (Lipinski definition) is 1. The van der Waals surface area contributed by atoms with Crippen LogP contribution in [0.2, 0.25) is 0 Å². The molecule has 164 valence electrons. The highest BCUT2D eigenvalue weighted by molar-refractivity contribution is 5.50. The number of hydrogen-bond acceptors (Lipinski definition) is 4. The van der Waals surface area contributed by atoms with Crippen LogP contribution in [0.1, 0.15) is 75.9 Å². The van der Waals surface area contributed by atoms with Gasteiger partial charge in [-0.3, -0.25) is 15.0 Å². The van der Waals surface area contributed by atoms with E-state index in [0.29, 0.717) is 0 Å². The fraction of sp³-hybridized carbons (Fsp3) is 0.333. The lowest BCUT2D eigenvalue weighted by Gasteiger charge is -2.23. The summed E-state index contributed by atoms with van der Waals surface area (Å²) in [5.74, 6) is 0.578. The molecule has 4 aromatic rings. The molecule has 0 atom stereocenters. The van der Waals surface area contributed by atoms with Gasteiger partial charge in [0.2, 0.25) is 0 Å². The quantitative estimate of drug-likeness (QED) is 0.433. The Morgan fingerprint density at radius 3 is 1.78 bits per heavy atom. The highest BCUT2D eigenvalue weighted by Crippen LogP contribution is 2.33. The molecule has 4 aromatic heterocycles. The Hall–Kier alpha value is -3.34. The molecule has 4 rings (SSSR count). The van der Waals surface area contributed by atoms with Crippen molar-refractivity contribution in [1.29, 1.82) is 0 Å². The predicted molar refractivity (Wildman–Crippen MR) is 129 cm³/mol. The van der Waals surface area contributed by atoms with Gasteiger partial charge in [0.15, 0.2) is 5.82 Å². The van der Waals surface area contributed by atoms with Crippen molar-refractivity contribution in [3.05, 3.63) is 95.5 Å². The van der Waals surface area contributed by atoms with Crippen LogP contribution >= 0.6 is 0 Å². The molecule has 0 radical (unpaired) electrons. The van der Waals surface area contributed by atoms with Crippen LogP contribution in [-0.4, -0.2) is 24.9 Å². The highest BCUT2D eigenvalue weighted by Gasteiger charge is 2.26. The summed E-state index contributed by atoms with van der Waals surface area (Å²) in [4.78, 5) is 22.7. The van der Waals surface area contributed by atoms with Gasteiger partial charge >= 0.3 is 0 Å². The number of aromatic nitrogens is 5. The first-order chi connectivity index (χ1) is 15.1. The average molecular weight is 426 g/mol. The zero-order valence-corrected chi connectivity index (χ0v) is 19.7. The van der Waals surface area contributed by atoms with Crippen molar-refractivity contribution in [2.45, 2.75) is 58.3 Å². The molecule has 32 heavy (non-hydrogen) atoms. The lowest BCUT2D eigenvalue weighted by Crippen LogP contribution is -2.18. The third-order valence-electron chi connectivity index (χ3n) is 5.48. The van der Waals surface area contributed by atoms with E-state index in [2.05, 4.69) is 92.9 Å². The fourth-order valence-corrected chi connectivity index (χ4v) is 3.65. The van der Waals surface area contributed by atoms with E-state index in [0.717, 1.165) is 40.0 Å². The second-order valence-electron chi connectivity index (χ2n) is 10.2. The Labute approximate surface area is 190 Å². The third-order valence-corrected chi connectivity index (χ3v) is 5.48. The van der Waals surface area contributed by atoms with E-state index in [4.69, 9.17) is 9.97 Å². The second-order valence-corrected chi connectivity index (χ2v) is 10.2. The van der Waals surface area contributed by atoms with Crippen LogP contribution in [0.4, 0.5) is 0 Å². The van der Waals surface area contributed by atoms with Crippen LogP contribution in [0.25, 0.3) is 11.5 Å². The largest absolute Gasteiger partial charge is 0.340 e. The number of aromatic amines is 1. The van der Waals surface area contributed by atoms with Gasteiger partial charge in [0.05, 0.1) is 23.0 Å². The van der Waals surface area contributed by atoms with Crippen LogP contribution in [-0.2, 0) is 10.8 Å². The Morgan fingerprint density at radius 2 is 1.28 bits per heavy atom. The molecule has 0 bridgehead atoms. The van der Waals surface area contributed by atoms with Gasteiger partial charge in [-0.1, -0.05) is 59.7 Å². The van der Waals surface area contributed by atoms with Gasteiger partial charge in [0.1, 0.15) is 5.69 Å². The van der Waals surface area contributed by atoms with Crippen LogP contribution in [0, 0.1) is 0 Å². The summed E-state index contributed by atoms with van der Waals surface area (Å²) in [7, 11) is 0. The molecule has 5 heteroatoms. The van der Waals surface area contributed by atoms with Crippen LogP contribution in [0.5, 0.6) is 0 Å². The minimum absolute atomic E-state index is 0.0473. The lowest BCUT2D eigenvalue weighted by atomic mass is 9.88. The molecule has 0 saturated heterocycles. The number of pyridine rings is 3. The van der Waals surface area contributed by atoms with E-state index < -0.39 is 0 Å². The van der Waals surface area contributed by atoms with Crippen molar-refractivity contribution < 1.29 is 0 Å². The van der Waals surface area contributed by atoms with Gasteiger partial charge in [0, 0.05) is 34.6 Å². The number of rotatable bonds is 4. The normalized spacial score (nSPS) is 12.3.